The van der Waals surface area contributed by atoms with Crippen LogP contribution < -0.4 is 0 Å². The van der Waals surface area contributed by atoms with Crippen LogP contribution in [-0.2, 0) is 14.3 Å². The van der Waals surface area contributed by atoms with Crippen LogP contribution in [0.15, 0.2) is 18.2 Å². The predicted octanol–water partition coefficient (Wildman–Crippen LogP) is 2.14. The number of hydrogen-bond acceptors (Lipinski definition) is 7. The molecular formula is C12H14N2O7. The molecule has 1 aromatic carbocycles. The monoisotopic (exact) mass is 298 g/mol. The summed E-state index contributed by atoms with van der Waals surface area (Å²) in [5.41, 5.74) is -1.53. The number of hydrogen-bond donors (Lipinski definition) is 0. The number of nitrogens with zero attached hydrogens (tertiary/aromatic N) is 2. The van der Waals surface area contributed by atoms with Gasteiger partial charge in [-0.25, -0.2) is 4.79 Å². The molecule has 0 saturated heterocycles. The van der Waals surface area contributed by atoms with Gasteiger partial charge < -0.3 is 9.47 Å². The molecule has 0 heterocycles. The van der Waals surface area contributed by atoms with E-state index in [1.165, 1.54) is 6.07 Å². The normalized spacial score (nSPS) is 11.7. The maximum atomic E-state index is 11.9. The molecule has 0 radical (unpaired) electrons. The van der Waals surface area contributed by atoms with Gasteiger partial charge >= 0.3 is 5.97 Å². The molecule has 1 aromatic rings. The Labute approximate surface area is 119 Å². The first-order chi connectivity index (χ1) is 9.93. The highest BCUT2D eigenvalue weighted by atomic mass is 16.6. The molecule has 0 saturated carbocycles. The fraction of sp³-hybridized carbons (Fsp3) is 0.417. The van der Waals surface area contributed by atoms with Crippen molar-refractivity contribution in [2.75, 3.05) is 13.2 Å². The van der Waals surface area contributed by atoms with Crippen LogP contribution in [0.25, 0.3) is 0 Å². The van der Waals surface area contributed by atoms with Gasteiger partial charge in [0, 0.05) is 18.7 Å². The first kappa shape index (κ1) is 16.5. The third kappa shape index (κ3) is 3.72. The van der Waals surface area contributed by atoms with E-state index in [0.717, 1.165) is 12.1 Å². The Hall–Kier alpha value is -2.55. The second kappa shape index (κ2) is 7.29. The minimum atomic E-state index is -1.52. The highest BCUT2D eigenvalue weighted by Gasteiger charge is 2.37. The first-order valence-electron chi connectivity index (χ1n) is 6.13. The zero-order valence-electron chi connectivity index (χ0n) is 11.5. The molecule has 9 heteroatoms. The number of rotatable bonds is 7. The van der Waals surface area contributed by atoms with Crippen molar-refractivity contribution in [2.45, 2.75) is 20.0 Å². The van der Waals surface area contributed by atoms with E-state index >= 15 is 0 Å². The zero-order chi connectivity index (χ0) is 16.0. The Morgan fingerprint density at radius 1 is 1.14 bits per heavy atom. The minimum Gasteiger partial charge on any atom is -0.464 e. The molecule has 0 aliphatic rings. The quantitative estimate of drug-likeness (QED) is 0.429. The van der Waals surface area contributed by atoms with Crippen LogP contribution in [0.1, 0.15) is 25.5 Å². The lowest BCUT2D eigenvalue weighted by Crippen LogP contribution is -2.21. The molecule has 21 heavy (non-hydrogen) atoms. The van der Waals surface area contributed by atoms with E-state index in [2.05, 4.69) is 0 Å². The average Bonchev–Trinajstić information content (AvgIpc) is 2.44. The lowest BCUT2D eigenvalue weighted by Gasteiger charge is -2.15. The third-order valence-corrected chi connectivity index (χ3v) is 2.55. The number of carbonyl (C=O) groups is 1. The van der Waals surface area contributed by atoms with E-state index in [4.69, 9.17) is 9.47 Å². The van der Waals surface area contributed by atoms with Gasteiger partial charge in [0.1, 0.15) is 5.56 Å². The molecule has 1 rings (SSSR count). The van der Waals surface area contributed by atoms with Gasteiger partial charge in [-0.05, 0) is 19.9 Å². The molecule has 0 aromatic heterocycles. The van der Waals surface area contributed by atoms with Gasteiger partial charge in [0.25, 0.3) is 11.4 Å². The predicted molar refractivity (Wildman–Crippen MR) is 70.8 cm³/mol. The standard InChI is InChI=1S/C12H14N2O7/c1-3-20-11(12(15)21-4-2)10-8(13(16)17)6-5-7-9(10)14(18)19/h5-7,11H,3-4H2,1-2H3. The fourth-order valence-electron chi connectivity index (χ4n) is 1.78. The molecule has 9 nitrogen and oxygen atoms in total. The molecule has 0 fully saturated rings. The topological polar surface area (TPSA) is 122 Å². The van der Waals surface area contributed by atoms with E-state index in [1.807, 2.05) is 0 Å². The van der Waals surface area contributed by atoms with Gasteiger partial charge in [-0.2, -0.15) is 0 Å². The van der Waals surface area contributed by atoms with Crippen molar-refractivity contribution in [3.63, 3.8) is 0 Å². The van der Waals surface area contributed by atoms with Crippen molar-refractivity contribution < 1.29 is 24.1 Å². The SMILES string of the molecule is CCOC(=O)C(OCC)c1c([N+](=O)[O-])cccc1[N+](=O)[O-]. The Balaban J connectivity index is 3.49. The lowest BCUT2D eigenvalue weighted by molar-refractivity contribution is -0.396. The average molecular weight is 298 g/mol. The summed E-state index contributed by atoms with van der Waals surface area (Å²) in [5, 5.41) is 22.1. The maximum Gasteiger partial charge on any atom is 0.340 e. The van der Waals surface area contributed by atoms with Gasteiger partial charge in [0.15, 0.2) is 6.10 Å². The molecule has 0 aliphatic heterocycles. The second-order valence-electron chi connectivity index (χ2n) is 3.81. The number of nitro benzene ring substituents is 2. The van der Waals surface area contributed by atoms with Crippen molar-refractivity contribution in [1.29, 1.82) is 0 Å². The maximum absolute atomic E-state index is 11.9. The molecule has 0 spiro atoms. The van der Waals surface area contributed by atoms with Gasteiger partial charge in [0.2, 0.25) is 0 Å². The molecule has 1 unspecified atom stereocenters. The molecular weight excluding hydrogens is 284 g/mol. The van der Waals surface area contributed by atoms with Crippen LogP contribution in [0.2, 0.25) is 0 Å². The largest absolute Gasteiger partial charge is 0.464 e. The van der Waals surface area contributed by atoms with Crippen LogP contribution in [-0.4, -0.2) is 29.0 Å². The van der Waals surface area contributed by atoms with Crippen LogP contribution in [0, 0.1) is 20.2 Å². The summed E-state index contributed by atoms with van der Waals surface area (Å²) in [7, 11) is 0. The fourth-order valence-corrected chi connectivity index (χ4v) is 1.78. The van der Waals surface area contributed by atoms with Crippen LogP contribution in [0.4, 0.5) is 11.4 Å². The Morgan fingerprint density at radius 3 is 2.05 bits per heavy atom. The highest BCUT2D eigenvalue weighted by Crippen LogP contribution is 2.36. The second-order valence-corrected chi connectivity index (χ2v) is 3.81. The summed E-state index contributed by atoms with van der Waals surface area (Å²) in [5.74, 6) is -0.906. The Kier molecular flexibility index (Phi) is 5.73. The summed E-state index contributed by atoms with van der Waals surface area (Å²) in [6.07, 6.45) is -1.52. The lowest BCUT2D eigenvalue weighted by atomic mass is 10.0. The molecule has 114 valence electrons. The van der Waals surface area contributed by atoms with E-state index in [-0.39, 0.29) is 13.2 Å². The molecule has 0 amide bonds. The van der Waals surface area contributed by atoms with E-state index < -0.39 is 38.9 Å². The minimum absolute atomic E-state index is 0.0246. The number of benzene rings is 1. The number of ether oxygens (including phenoxy) is 2. The molecule has 0 aliphatic carbocycles. The van der Waals surface area contributed by atoms with E-state index in [9.17, 15) is 25.0 Å². The summed E-state index contributed by atoms with van der Waals surface area (Å²) < 4.78 is 9.91. The summed E-state index contributed by atoms with van der Waals surface area (Å²) in [6.45, 7) is 3.17. The Morgan fingerprint density at radius 2 is 1.67 bits per heavy atom. The van der Waals surface area contributed by atoms with Crippen molar-refractivity contribution in [2.24, 2.45) is 0 Å². The molecule has 0 N–H and O–H groups in total. The van der Waals surface area contributed by atoms with E-state index in [0.29, 0.717) is 0 Å². The number of carbonyl (C=O) groups excluding carboxylic acids is 1. The van der Waals surface area contributed by atoms with E-state index in [1.54, 1.807) is 13.8 Å². The van der Waals surface area contributed by atoms with Crippen LogP contribution in [0.3, 0.4) is 0 Å². The summed E-state index contributed by atoms with van der Waals surface area (Å²) in [6, 6.07) is 3.33. The number of nitro groups is 2. The van der Waals surface area contributed by atoms with Gasteiger partial charge in [-0.1, -0.05) is 0 Å². The Bertz CT molecular complexity index is 526. The van der Waals surface area contributed by atoms with Gasteiger partial charge in [-0.15, -0.1) is 0 Å². The van der Waals surface area contributed by atoms with Gasteiger partial charge in [0.05, 0.1) is 16.5 Å². The van der Waals surface area contributed by atoms with Crippen LogP contribution in [0.5, 0.6) is 0 Å². The first-order valence-corrected chi connectivity index (χ1v) is 6.13. The summed E-state index contributed by atoms with van der Waals surface area (Å²) >= 11 is 0. The highest BCUT2D eigenvalue weighted by molar-refractivity contribution is 5.80. The third-order valence-electron chi connectivity index (χ3n) is 2.55. The van der Waals surface area contributed by atoms with Crippen molar-refractivity contribution >= 4 is 17.3 Å². The van der Waals surface area contributed by atoms with Crippen molar-refractivity contribution in [3.8, 4) is 0 Å². The van der Waals surface area contributed by atoms with Crippen LogP contribution >= 0.6 is 0 Å². The smallest absolute Gasteiger partial charge is 0.340 e. The number of esters is 1. The van der Waals surface area contributed by atoms with Crippen molar-refractivity contribution in [3.05, 3.63) is 44.0 Å². The zero-order valence-corrected chi connectivity index (χ0v) is 11.5. The van der Waals surface area contributed by atoms with Gasteiger partial charge in [-0.3, -0.25) is 20.2 Å². The summed E-state index contributed by atoms with van der Waals surface area (Å²) in [4.78, 5) is 32.4. The molecule has 1 atom stereocenters. The molecule has 0 bridgehead atoms. The van der Waals surface area contributed by atoms with Crippen molar-refractivity contribution in [1.82, 2.24) is 0 Å².